The molecule has 1 aliphatic heterocycles. The van der Waals surface area contributed by atoms with Gasteiger partial charge in [0.1, 0.15) is 0 Å². The van der Waals surface area contributed by atoms with Gasteiger partial charge in [-0.25, -0.2) is 0 Å². The third-order valence-corrected chi connectivity index (χ3v) is 9.20. The van der Waals surface area contributed by atoms with E-state index in [4.69, 9.17) is 15.0 Å². The van der Waals surface area contributed by atoms with Crippen LogP contribution in [0.15, 0.2) is 30.3 Å². The zero-order chi connectivity index (χ0) is 25.6. The standard InChI is InChI=1S/C26H38BF3N2O3/c1-5-6-12-25(22(31)33,32-16-26(28,29)30)20(13-17-10-8-7-9-11-17)27-34-21-15-18-14-19(23(18,2)3)24(21,4)35-27/h7-11,18-21,32H,5-6,12-16H2,1-4H3,(H2,31,33)/t18-,19-,20+,21+,24-,25?/m0/s1. The number of alkyl halides is 3. The van der Waals surface area contributed by atoms with Crippen molar-refractivity contribution < 1.29 is 27.3 Å². The van der Waals surface area contributed by atoms with E-state index in [0.29, 0.717) is 31.1 Å². The number of rotatable bonds is 10. The summed E-state index contributed by atoms with van der Waals surface area (Å²) in [4.78, 5) is 13.1. The summed E-state index contributed by atoms with van der Waals surface area (Å²) in [5.74, 6) is -0.695. The van der Waals surface area contributed by atoms with E-state index >= 15 is 0 Å². The Labute approximate surface area is 206 Å². The summed E-state index contributed by atoms with van der Waals surface area (Å²) in [5.41, 5.74) is 4.78. The quantitative estimate of drug-likeness (QED) is 0.454. The lowest BCUT2D eigenvalue weighted by Crippen LogP contribution is -2.65. The molecule has 2 bridgehead atoms. The highest BCUT2D eigenvalue weighted by atomic mass is 19.4. The summed E-state index contributed by atoms with van der Waals surface area (Å²) in [6.07, 6.45) is -0.992. The fraction of sp³-hybridized carbons (Fsp3) is 0.731. The molecule has 1 saturated heterocycles. The first-order chi connectivity index (χ1) is 16.3. The number of benzene rings is 1. The zero-order valence-corrected chi connectivity index (χ0v) is 21.2. The van der Waals surface area contributed by atoms with Gasteiger partial charge in [-0.1, -0.05) is 63.9 Å². The molecule has 3 N–H and O–H groups in total. The van der Waals surface area contributed by atoms with Crippen LogP contribution >= 0.6 is 0 Å². The normalized spacial score (nSPS) is 31.9. The van der Waals surface area contributed by atoms with E-state index in [1.165, 1.54) is 0 Å². The highest BCUT2D eigenvalue weighted by molar-refractivity contribution is 6.48. The van der Waals surface area contributed by atoms with E-state index in [1.54, 1.807) is 0 Å². The molecule has 9 heteroatoms. The van der Waals surface area contributed by atoms with Crippen LogP contribution in [0.3, 0.4) is 0 Å². The highest BCUT2D eigenvalue weighted by Crippen LogP contribution is 2.66. The number of hydrogen-bond donors (Lipinski definition) is 2. The molecule has 1 heterocycles. The molecule has 1 aromatic carbocycles. The van der Waals surface area contributed by atoms with Crippen LogP contribution in [0, 0.1) is 17.3 Å². The fourth-order valence-electron chi connectivity index (χ4n) is 6.95. The van der Waals surface area contributed by atoms with Crippen LogP contribution in [-0.4, -0.2) is 43.0 Å². The van der Waals surface area contributed by atoms with Gasteiger partial charge in [-0.05, 0) is 55.4 Å². The van der Waals surface area contributed by atoms with Crippen LogP contribution < -0.4 is 11.1 Å². The van der Waals surface area contributed by atoms with Crippen LogP contribution in [0.5, 0.6) is 0 Å². The van der Waals surface area contributed by atoms with Crippen molar-refractivity contribution in [3.63, 3.8) is 0 Å². The Bertz CT molecular complexity index is 915. The average Bonchev–Trinajstić information content (AvgIpc) is 3.14. The van der Waals surface area contributed by atoms with Crippen molar-refractivity contribution in [1.82, 2.24) is 5.32 Å². The molecule has 5 rings (SSSR count). The maximum atomic E-state index is 13.4. The third kappa shape index (κ3) is 4.76. The molecule has 4 fully saturated rings. The van der Waals surface area contributed by atoms with Gasteiger partial charge in [0.15, 0.2) is 0 Å². The second-order valence-electron chi connectivity index (χ2n) is 11.5. The molecule has 1 amide bonds. The predicted molar refractivity (Wildman–Crippen MR) is 130 cm³/mol. The number of halogens is 3. The Morgan fingerprint density at radius 1 is 1.23 bits per heavy atom. The molecule has 1 aromatic rings. The Hall–Kier alpha value is -1.58. The number of primary amides is 1. The number of carbonyl (C=O) groups is 1. The van der Waals surface area contributed by atoms with E-state index in [1.807, 2.05) is 37.3 Å². The summed E-state index contributed by atoms with van der Waals surface area (Å²) in [7, 11) is -0.842. The molecule has 4 aliphatic rings. The van der Waals surface area contributed by atoms with Gasteiger partial charge in [0.25, 0.3) is 0 Å². The van der Waals surface area contributed by atoms with Gasteiger partial charge < -0.3 is 15.0 Å². The molecule has 35 heavy (non-hydrogen) atoms. The minimum Gasteiger partial charge on any atom is -0.405 e. The minimum absolute atomic E-state index is 0.121. The minimum atomic E-state index is -4.49. The Balaban J connectivity index is 1.72. The van der Waals surface area contributed by atoms with Crippen molar-refractivity contribution in [2.24, 2.45) is 23.0 Å². The van der Waals surface area contributed by atoms with Gasteiger partial charge in [0, 0.05) is 5.82 Å². The molecule has 6 atom stereocenters. The van der Waals surface area contributed by atoms with Gasteiger partial charge in [-0.15, -0.1) is 0 Å². The molecule has 0 aromatic heterocycles. The van der Waals surface area contributed by atoms with E-state index in [9.17, 15) is 18.0 Å². The maximum Gasteiger partial charge on any atom is 0.463 e. The molecule has 0 radical (unpaired) electrons. The first kappa shape index (κ1) is 26.5. The number of carbonyl (C=O) groups excluding carboxylic acids is 1. The Kier molecular flexibility index (Phi) is 7.10. The third-order valence-electron chi connectivity index (χ3n) is 9.20. The number of unbranched alkanes of at least 4 members (excludes halogenated alkanes) is 1. The Morgan fingerprint density at radius 2 is 1.91 bits per heavy atom. The van der Waals surface area contributed by atoms with Gasteiger partial charge in [0.05, 0.1) is 23.8 Å². The van der Waals surface area contributed by atoms with E-state index < -0.39 is 42.7 Å². The van der Waals surface area contributed by atoms with Gasteiger partial charge in [-0.2, -0.15) is 13.2 Å². The SMILES string of the molecule is CCCCC(NCC(F)(F)F)(C(N)=O)[C@@H](Cc1ccccc1)B1O[C@@H]2C[C@@H]3C[C@@H](C3(C)C)[C@]2(C)O1. The summed E-state index contributed by atoms with van der Waals surface area (Å²) < 4.78 is 53.4. The van der Waals surface area contributed by atoms with Gasteiger partial charge in [-0.3, -0.25) is 10.1 Å². The van der Waals surface area contributed by atoms with E-state index in [2.05, 4.69) is 26.1 Å². The predicted octanol–water partition coefficient (Wildman–Crippen LogP) is 4.89. The van der Waals surface area contributed by atoms with Crippen molar-refractivity contribution >= 4 is 13.0 Å². The van der Waals surface area contributed by atoms with Crippen LogP contribution in [0.4, 0.5) is 13.2 Å². The molecular weight excluding hydrogens is 456 g/mol. The number of nitrogens with one attached hydrogen (secondary N) is 1. The lowest BCUT2D eigenvalue weighted by molar-refractivity contribution is -0.199. The zero-order valence-electron chi connectivity index (χ0n) is 21.2. The maximum absolute atomic E-state index is 13.4. The largest absolute Gasteiger partial charge is 0.463 e. The smallest absolute Gasteiger partial charge is 0.405 e. The van der Waals surface area contributed by atoms with Crippen molar-refractivity contribution in [3.8, 4) is 0 Å². The van der Waals surface area contributed by atoms with E-state index in [-0.39, 0.29) is 17.9 Å². The summed E-state index contributed by atoms with van der Waals surface area (Å²) >= 11 is 0. The number of hydrogen-bond acceptors (Lipinski definition) is 4. The van der Waals surface area contributed by atoms with Crippen LogP contribution in [-0.2, 0) is 20.5 Å². The van der Waals surface area contributed by atoms with Crippen LogP contribution in [0.25, 0.3) is 0 Å². The van der Waals surface area contributed by atoms with Crippen molar-refractivity contribution in [3.05, 3.63) is 35.9 Å². The molecule has 194 valence electrons. The molecule has 5 nitrogen and oxygen atoms in total. The fourth-order valence-corrected chi connectivity index (χ4v) is 6.95. The molecule has 0 spiro atoms. The van der Waals surface area contributed by atoms with Crippen molar-refractivity contribution in [2.45, 2.75) is 95.5 Å². The summed E-state index contributed by atoms with van der Waals surface area (Å²) in [6, 6.07) is 9.45. The second-order valence-corrected chi connectivity index (χ2v) is 11.5. The first-order valence-electron chi connectivity index (χ1n) is 12.8. The van der Waals surface area contributed by atoms with Crippen molar-refractivity contribution in [2.75, 3.05) is 6.54 Å². The van der Waals surface area contributed by atoms with E-state index in [0.717, 1.165) is 18.4 Å². The van der Waals surface area contributed by atoms with Crippen LogP contribution in [0.2, 0.25) is 5.82 Å². The Morgan fingerprint density at radius 3 is 2.49 bits per heavy atom. The molecular formula is C26H38BF3N2O3. The number of nitrogens with two attached hydrogens (primary N) is 1. The lowest BCUT2D eigenvalue weighted by atomic mass is 9.43. The monoisotopic (exact) mass is 494 g/mol. The summed E-state index contributed by atoms with van der Waals surface area (Å²) in [6.45, 7) is 7.21. The number of amides is 1. The lowest BCUT2D eigenvalue weighted by Gasteiger charge is -2.64. The molecule has 3 saturated carbocycles. The topological polar surface area (TPSA) is 73.6 Å². The van der Waals surface area contributed by atoms with Gasteiger partial charge >= 0.3 is 13.3 Å². The average molecular weight is 494 g/mol. The van der Waals surface area contributed by atoms with Crippen LogP contribution in [0.1, 0.15) is 65.4 Å². The summed E-state index contributed by atoms with van der Waals surface area (Å²) in [5, 5.41) is 2.58. The molecule has 1 unspecified atom stereocenters. The van der Waals surface area contributed by atoms with Crippen molar-refractivity contribution in [1.29, 1.82) is 0 Å². The van der Waals surface area contributed by atoms with Gasteiger partial charge in [0.2, 0.25) is 5.91 Å². The first-order valence-corrected chi connectivity index (χ1v) is 12.8. The highest BCUT2D eigenvalue weighted by Gasteiger charge is 2.69. The second kappa shape index (κ2) is 9.38. The molecule has 3 aliphatic carbocycles.